The van der Waals surface area contributed by atoms with Gasteiger partial charge in [-0.05, 0) is 58.6 Å². The Labute approximate surface area is 131 Å². The van der Waals surface area contributed by atoms with Crippen molar-refractivity contribution in [2.45, 2.75) is 12.8 Å². The lowest BCUT2D eigenvalue weighted by atomic mass is 10.1. The predicted molar refractivity (Wildman–Crippen MR) is 84.7 cm³/mol. The number of halogens is 1. The second-order valence-electron chi connectivity index (χ2n) is 4.41. The molecule has 1 aromatic carbocycles. The zero-order chi connectivity index (χ0) is 15.1. The van der Waals surface area contributed by atoms with E-state index in [2.05, 4.69) is 26.1 Å². The van der Waals surface area contributed by atoms with Crippen molar-refractivity contribution in [1.29, 1.82) is 0 Å². The van der Waals surface area contributed by atoms with Crippen molar-refractivity contribution < 1.29 is 9.94 Å². The van der Waals surface area contributed by atoms with Crippen LogP contribution in [0.3, 0.4) is 0 Å². The maximum absolute atomic E-state index is 8.84. The minimum Gasteiger partial charge on any atom is -0.493 e. The van der Waals surface area contributed by atoms with E-state index >= 15 is 0 Å². The molecule has 1 heterocycles. The van der Waals surface area contributed by atoms with E-state index in [1.165, 1.54) is 5.56 Å². The van der Waals surface area contributed by atoms with E-state index in [0.717, 1.165) is 17.3 Å². The molecule has 6 heteroatoms. The summed E-state index contributed by atoms with van der Waals surface area (Å²) >= 11 is 3.38. The maximum Gasteiger partial charge on any atom is 0.174 e. The molecule has 0 atom stereocenters. The van der Waals surface area contributed by atoms with Gasteiger partial charge < -0.3 is 15.7 Å². The van der Waals surface area contributed by atoms with Gasteiger partial charge >= 0.3 is 0 Å². The molecule has 0 amide bonds. The SMILES string of the molecule is N/C(=N/O)c1c(Br)cccc1OCCCc1ccncc1. The van der Waals surface area contributed by atoms with Crippen molar-refractivity contribution in [1.82, 2.24) is 4.98 Å². The van der Waals surface area contributed by atoms with Gasteiger partial charge in [0.1, 0.15) is 5.75 Å². The van der Waals surface area contributed by atoms with Gasteiger partial charge in [-0.15, -0.1) is 0 Å². The first-order chi connectivity index (χ1) is 10.2. The number of nitrogens with zero attached hydrogens (tertiary/aromatic N) is 2. The lowest BCUT2D eigenvalue weighted by Gasteiger charge is -2.12. The third-order valence-electron chi connectivity index (χ3n) is 2.96. The molecule has 1 aromatic heterocycles. The molecule has 0 bridgehead atoms. The van der Waals surface area contributed by atoms with Crippen LogP contribution in [0.15, 0.2) is 52.4 Å². The van der Waals surface area contributed by atoms with E-state index in [1.807, 2.05) is 24.3 Å². The molecule has 0 spiro atoms. The van der Waals surface area contributed by atoms with Crippen LogP contribution in [-0.4, -0.2) is 22.6 Å². The fourth-order valence-electron chi connectivity index (χ4n) is 1.93. The van der Waals surface area contributed by atoms with Crippen molar-refractivity contribution in [3.63, 3.8) is 0 Å². The molecule has 110 valence electrons. The molecule has 2 aromatic rings. The van der Waals surface area contributed by atoms with Crippen LogP contribution >= 0.6 is 15.9 Å². The van der Waals surface area contributed by atoms with E-state index in [-0.39, 0.29) is 5.84 Å². The van der Waals surface area contributed by atoms with Crippen LogP contribution in [0.25, 0.3) is 0 Å². The third kappa shape index (κ3) is 4.19. The summed E-state index contributed by atoms with van der Waals surface area (Å²) in [5.74, 6) is 0.612. The second-order valence-corrected chi connectivity index (χ2v) is 5.26. The highest BCUT2D eigenvalue weighted by Crippen LogP contribution is 2.26. The summed E-state index contributed by atoms with van der Waals surface area (Å²) in [6.07, 6.45) is 5.34. The normalized spacial score (nSPS) is 11.4. The monoisotopic (exact) mass is 349 g/mol. The average Bonchev–Trinajstić information content (AvgIpc) is 2.52. The fraction of sp³-hybridized carbons (Fsp3) is 0.200. The highest BCUT2D eigenvalue weighted by atomic mass is 79.9. The number of rotatable bonds is 6. The topological polar surface area (TPSA) is 80.7 Å². The molecule has 3 N–H and O–H groups in total. The number of hydrogen-bond acceptors (Lipinski definition) is 4. The molecule has 0 fully saturated rings. The zero-order valence-corrected chi connectivity index (χ0v) is 13.0. The largest absolute Gasteiger partial charge is 0.493 e. The van der Waals surface area contributed by atoms with E-state index < -0.39 is 0 Å². The van der Waals surface area contributed by atoms with Gasteiger partial charge in [0.25, 0.3) is 0 Å². The van der Waals surface area contributed by atoms with Crippen LogP contribution in [0, 0.1) is 0 Å². The number of amidine groups is 1. The fourth-order valence-corrected chi connectivity index (χ4v) is 2.48. The van der Waals surface area contributed by atoms with Gasteiger partial charge in [-0.25, -0.2) is 0 Å². The summed E-state index contributed by atoms with van der Waals surface area (Å²) in [4.78, 5) is 3.98. The second kappa shape index (κ2) is 7.64. The molecule has 0 saturated heterocycles. The van der Waals surface area contributed by atoms with Crippen molar-refractivity contribution in [2.75, 3.05) is 6.61 Å². The first-order valence-corrected chi connectivity index (χ1v) is 7.30. The van der Waals surface area contributed by atoms with E-state index in [0.29, 0.717) is 17.9 Å². The van der Waals surface area contributed by atoms with Gasteiger partial charge in [-0.3, -0.25) is 4.98 Å². The summed E-state index contributed by atoms with van der Waals surface area (Å²) < 4.78 is 6.47. The molecule has 0 unspecified atom stereocenters. The minimum absolute atomic E-state index is 0.0200. The highest BCUT2D eigenvalue weighted by molar-refractivity contribution is 9.10. The van der Waals surface area contributed by atoms with E-state index in [4.69, 9.17) is 15.7 Å². The number of oxime groups is 1. The minimum atomic E-state index is 0.0200. The Morgan fingerprint density at radius 1 is 1.29 bits per heavy atom. The van der Waals surface area contributed by atoms with Gasteiger partial charge in [-0.1, -0.05) is 11.2 Å². The van der Waals surface area contributed by atoms with Gasteiger partial charge in [0, 0.05) is 16.9 Å². The van der Waals surface area contributed by atoms with Crippen LogP contribution in [-0.2, 0) is 6.42 Å². The van der Waals surface area contributed by atoms with Crippen molar-refractivity contribution in [3.8, 4) is 5.75 Å². The Hall–Kier alpha value is -2.08. The number of hydrogen-bond donors (Lipinski definition) is 2. The average molecular weight is 350 g/mol. The smallest absolute Gasteiger partial charge is 0.174 e. The van der Waals surface area contributed by atoms with Crippen LogP contribution in [0.4, 0.5) is 0 Å². The standard InChI is InChI=1S/C15H16BrN3O2/c16-12-4-1-5-13(14(12)15(17)19-20)21-10-2-3-11-6-8-18-9-7-11/h1,4-9,20H,2-3,10H2,(H2,17,19). The van der Waals surface area contributed by atoms with E-state index in [9.17, 15) is 0 Å². The number of ether oxygens (including phenoxy) is 1. The molecule has 5 nitrogen and oxygen atoms in total. The summed E-state index contributed by atoms with van der Waals surface area (Å²) in [6.45, 7) is 0.546. The first kappa shape index (κ1) is 15.3. The Bertz CT molecular complexity index is 618. The maximum atomic E-state index is 8.84. The number of aryl methyl sites for hydroxylation is 1. The Morgan fingerprint density at radius 2 is 2.05 bits per heavy atom. The predicted octanol–water partition coefficient (Wildman–Crippen LogP) is 2.95. The van der Waals surface area contributed by atoms with Crippen LogP contribution in [0.5, 0.6) is 5.75 Å². The summed E-state index contributed by atoms with van der Waals surface area (Å²) in [7, 11) is 0. The van der Waals surface area contributed by atoms with Crippen molar-refractivity contribution >= 4 is 21.8 Å². The summed E-state index contributed by atoms with van der Waals surface area (Å²) in [6, 6.07) is 9.43. The summed E-state index contributed by atoms with van der Waals surface area (Å²) in [5, 5.41) is 11.9. The molecule has 0 aliphatic heterocycles. The molecular weight excluding hydrogens is 334 g/mol. The van der Waals surface area contributed by atoms with Gasteiger partial charge in [0.2, 0.25) is 0 Å². The number of pyridine rings is 1. The molecule has 21 heavy (non-hydrogen) atoms. The number of nitrogens with two attached hydrogens (primary N) is 1. The van der Waals surface area contributed by atoms with Gasteiger partial charge in [-0.2, -0.15) is 0 Å². The number of aromatic nitrogens is 1. The Balaban J connectivity index is 1.96. The third-order valence-corrected chi connectivity index (χ3v) is 3.62. The highest BCUT2D eigenvalue weighted by Gasteiger charge is 2.12. The number of benzene rings is 1. The van der Waals surface area contributed by atoms with Gasteiger partial charge in [0.15, 0.2) is 5.84 Å². The van der Waals surface area contributed by atoms with Crippen LogP contribution in [0.1, 0.15) is 17.5 Å². The lowest BCUT2D eigenvalue weighted by molar-refractivity contribution is 0.307. The quantitative estimate of drug-likeness (QED) is 0.276. The molecule has 2 rings (SSSR count). The molecule has 0 saturated carbocycles. The van der Waals surface area contributed by atoms with E-state index in [1.54, 1.807) is 18.5 Å². The molecular formula is C15H16BrN3O2. The zero-order valence-electron chi connectivity index (χ0n) is 11.4. The van der Waals surface area contributed by atoms with Crippen LogP contribution < -0.4 is 10.5 Å². The summed E-state index contributed by atoms with van der Waals surface area (Å²) in [5.41, 5.74) is 7.46. The molecule has 0 aliphatic carbocycles. The van der Waals surface area contributed by atoms with Gasteiger partial charge in [0.05, 0.1) is 12.2 Å². The molecule has 0 aliphatic rings. The van der Waals surface area contributed by atoms with Crippen LogP contribution in [0.2, 0.25) is 0 Å². The lowest BCUT2D eigenvalue weighted by Crippen LogP contribution is -2.16. The first-order valence-electron chi connectivity index (χ1n) is 6.50. The van der Waals surface area contributed by atoms with Crippen molar-refractivity contribution in [3.05, 3.63) is 58.3 Å². The molecule has 0 radical (unpaired) electrons. The Morgan fingerprint density at radius 3 is 2.76 bits per heavy atom. The van der Waals surface area contributed by atoms with Crippen molar-refractivity contribution in [2.24, 2.45) is 10.9 Å². The Kier molecular flexibility index (Phi) is 5.57.